The Balaban J connectivity index is 2.43. The van der Waals surface area contributed by atoms with Crippen molar-refractivity contribution in [3.63, 3.8) is 0 Å². The van der Waals surface area contributed by atoms with Gasteiger partial charge in [-0.05, 0) is 0 Å². The Hall–Kier alpha value is -1.15. The van der Waals surface area contributed by atoms with E-state index in [9.17, 15) is 0 Å². The van der Waals surface area contributed by atoms with Crippen molar-refractivity contribution in [3.8, 4) is 10.6 Å². The molecule has 0 fully saturated rings. The molecule has 1 aromatic carbocycles. The van der Waals surface area contributed by atoms with Gasteiger partial charge in [0.05, 0.1) is 0 Å². The molecule has 0 N–H and O–H groups in total. The molecule has 0 saturated carbocycles. The van der Waals surface area contributed by atoms with Gasteiger partial charge in [0.2, 0.25) is 0 Å². The summed E-state index contributed by atoms with van der Waals surface area (Å²) in [6, 6.07) is 9.30. The molecule has 2 rings (SSSR count). The van der Waals surface area contributed by atoms with E-state index in [1.54, 1.807) is 11.3 Å². The van der Waals surface area contributed by atoms with Gasteiger partial charge in [-0.3, -0.25) is 4.98 Å². The lowest BCUT2D eigenvalue weighted by atomic mass is 10.2. The molecule has 60 valence electrons. The lowest BCUT2D eigenvalue weighted by Crippen LogP contribution is -1.76. The summed E-state index contributed by atoms with van der Waals surface area (Å²) < 4.78 is 0. The van der Waals surface area contributed by atoms with Crippen LogP contribution in [0, 0.1) is 13.0 Å². The van der Waals surface area contributed by atoms with Crippen LogP contribution >= 0.6 is 11.3 Å². The minimum Gasteiger partial charge on any atom is -0.293 e. The predicted molar refractivity (Wildman–Crippen MR) is 51.1 cm³/mol. The van der Waals surface area contributed by atoms with E-state index in [1.165, 1.54) is 5.56 Å². The molecule has 0 unspecified atom stereocenters. The fourth-order valence-electron chi connectivity index (χ4n) is 0.992. The average molecular weight is 174 g/mol. The summed E-state index contributed by atoms with van der Waals surface area (Å²) in [6.45, 7) is 2.06. The lowest BCUT2D eigenvalue weighted by molar-refractivity contribution is 1.40. The molecule has 1 nitrogen and oxygen atoms in total. The van der Waals surface area contributed by atoms with Gasteiger partial charge in [-0.15, -0.1) is 35.4 Å². The predicted octanol–water partition coefficient (Wildman–Crippen LogP) is 2.92. The number of aromatic nitrogens is 1. The first-order chi connectivity index (χ1) is 5.86. The van der Waals surface area contributed by atoms with E-state index in [-0.39, 0.29) is 0 Å². The summed E-state index contributed by atoms with van der Waals surface area (Å²) in [5.41, 5.74) is 2.31. The Morgan fingerprint density at radius 2 is 2.33 bits per heavy atom. The van der Waals surface area contributed by atoms with Gasteiger partial charge in [-0.25, -0.2) is 0 Å². The fourth-order valence-corrected chi connectivity index (χ4v) is 1.62. The molecule has 1 heterocycles. The summed E-state index contributed by atoms with van der Waals surface area (Å²) >= 11 is 1.64. The molecule has 0 aliphatic heterocycles. The van der Waals surface area contributed by atoms with Crippen molar-refractivity contribution >= 4 is 11.3 Å². The topological polar surface area (TPSA) is 12.9 Å². The molecule has 12 heavy (non-hydrogen) atoms. The zero-order valence-corrected chi connectivity index (χ0v) is 7.56. The Morgan fingerprint density at radius 1 is 1.42 bits per heavy atom. The molecule has 0 radical (unpaired) electrons. The molecular weight excluding hydrogens is 166 g/mol. The van der Waals surface area contributed by atoms with E-state index in [0.29, 0.717) is 0 Å². The third kappa shape index (κ3) is 1.38. The normalized spacial score (nSPS) is 10.1. The van der Waals surface area contributed by atoms with Crippen molar-refractivity contribution in [2.24, 2.45) is 0 Å². The molecule has 0 aliphatic rings. The third-order valence-electron chi connectivity index (χ3n) is 1.63. The van der Waals surface area contributed by atoms with Crippen LogP contribution in [0.3, 0.4) is 0 Å². The molecular formula is C10H8NS-. The molecule has 0 atom stereocenters. The van der Waals surface area contributed by atoms with Crippen LogP contribution in [0.1, 0.15) is 5.56 Å². The zero-order valence-electron chi connectivity index (χ0n) is 6.74. The Bertz CT molecular complexity index is 348. The van der Waals surface area contributed by atoms with E-state index in [0.717, 1.165) is 10.6 Å². The number of hydrogen-bond acceptors (Lipinski definition) is 2. The Labute approximate surface area is 75.7 Å². The maximum absolute atomic E-state index is 4.20. The Kier molecular flexibility index (Phi) is 1.92. The van der Waals surface area contributed by atoms with Crippen LogP contribution in [-0.2, 0) is 0 Å². The van der Waals surface area contributed by atoms with Crippen LogP contribution in [0.25, 0.3) is 10.6 Å². The van der Waals surface area contributed by atoms with Crippen molar-refractivity contribution in [3.05, 3.63) is 41.4 Å². The van der Waals surface area contributed by atoms with Gasteiger partial charge in [0.25, 0.3) is 0 Å². The lowest BCUT2D eigenvalue weighted by Gasteiger charge is -2.04. The monoisotopic (exact) mass is 174 g/mol. The second-order valence-corrected chi connectivity index (χ2v) is 3.51. The summed E-state index contributed by atoms with van der Waals surface area (Å²) in [5.74, 6) is 0. The van der Waals surface area contributed by atoms with Crippen LogP contribution in [0.15, 0.2) is 29.8 Å². The molecule has 0 aliphatic carbocycles. The highest BCUT2D eigenvalue weighted by atomic mass is 32.1. The molecule has 0 amide bonds. The number of benzene rings is 1. The zero-order chi connectivity index (χ0) is 8.39. The Morgan fingerprint density at radius 3 is 2.92 bits per heavy atom. The highest BCUT2D eigenvalue weighted by molar-refractivity contribution is 7.13. The molecule has 2 aromatic rings. The van der Waals surface area contributed by atoms with E-state index in [2.05, 4.69) is 24.0 Å². The van der Waals surface area contributed by atoms with E-state index >= 15 is 0 Å². The largest absolute Gasteiger partial charge is 0.293 e. The summed E-state index contributed by atoms with van der Waals surface area (Å²) in [4.78, 5) is 4.20. The first-order valence-electron chi connectivity index (χ1n) is 3.74. The van der Waals surface area contributed by atoms with Crippen LogP contribution in [-0.4, -0.2) is 4.98 Å². The second-order valence-electron chi connectivity index (χ2n) is 2.62. The van der Waals surface area contributed by atoms with E-state index in [1.807, 2.05) is 23.7 Å². The summed E-state index contributed by atoms with van der Waals surface area (Å²) in [7, 11) is 0. The van der Waals surface area contributed by atoms with Gasteiger partial charge in [0.1, 0.15) is 0 Å². The van der Waals surface area contributed by atoms with Crippen molar-refractivity contribution < 1.29 is 0 Å². The molecule has 0 bridgehead atoms. The highest BCUT2D eigenvalue weighted by Crippen LogP contribution is 2.20. The minimum atomic E-state index is 1.04. The maximum Gasteiger partial charge on any atom is 0.0401 e. The fraction of sp³-hybridized carbons (Fsp3) is 0.100. The smallest absolute Gasteiger partial charge is 0.0401 e. The van der Waals surface area contributed by atoms with Crippen molar-refractivity contribution in [1.29, 1.82) is 0 Å². The molecule has 0 spiro atoms. The summed E-state index contributed by atoms with van der Waals surface area (Å²) in [5, 5.41) is 3.01. The number of rotatable bonds is 1. The van der Waals surface area contributed by atoms with E-state index in [4.69, 9.17) is 0 Å². The van der Waals surface area contributed by atoms with Gasteiger partial charge in [-0.2, -0.15) is 11.3 Å². The minimum absolute atomic E-state index is 1.04. The van der Waals surface area contributed by atoms with Crippen LogP contribution in [0.5, 0.6) is 0 Å². The highest BCUT2D eigenvalue weighted by Gasteiger charge is 1.89. The molecule has 0 saturated heterocycles. The van der Waals surface area contributed by atoms with E-state index < -0.39 is 0 Å². The first-order valence-corrected chi connectivity index (χ1v) is 4.62. The van der Waals surface area contributed by atoms with Gasteiger partial charge in [0, 0.05) is 16.6 Å². The number of aryl methyl sites for hydroxylation is 1. The standard InChI is InChI=1S/C10H8NS/c1-8-2-4-9(5-3-8)10-11-6-7-12-10/h2-4,6-7H,1H3/q-1. The first kappa shape index (κ1) is 7.50. The third-order valence-corrected chi connectivity index (χ3v) is 2.44. The van der Waals surface area contributed by atoms with Crippen molar-refractivity contribution in [2.75, 3.05) is 0 Å². The van der Waals surface area contributed by atoms with Crippen molar-refractivity contribution in [2.45, 2.75) is 6.92 Å². The van der Waals surface area contributed by atoms with Crippen LogP contribution in [0.4, 0.5) is 0 Å². The quantitative estimate of drug-likeness (QED) is 0.606. The second kappa shape index (κ2) is 3.07. The number of thiazole rings is 1. The summed E-state index contributed by atoms with van der Waals surface area (Å²) in [6.07, 6.45) is 1.81. The number of nitrogens with zero attached hydrogens (tertiary/aromatic N) is 1. The van der Waals surface area contributed by atoms with Crippen LogP contribution in [0.2, 0.25) is 0 Å². The van der Waals surface area contributed by atoms with Crippen LogP contribution < -0.4 is 0 Å². The van der Waals surface area contributed by atoms with Crippen molar-refractivity contribution in [1.82, 2.24) is 4.98 Å². The van der Waals surface area contributed by atoms with Gasteiger partial charge in [0.15, 0.2) is 0 Å². The molecule has 1 aromatic heterocycles. The SMILES string of the molecule is Cc1c[c-]c(-c2nccs2)cc1. The van der Waals surface area contributed by atoms with Gasteiger partial charge in [-0.1, -0.05) is 6.92 Å². The molecule has 2 heteroatoms. The van der Waals surface area contributed by atoms with Gasteiger partial charge < -0.3 is 0 Å². The maximum atomic E-state index is 4.20. The number of hydrogen-bond donors (Lipinski definition) is 0. The van der Waals surface area contributed by atoms with Gasteiger partial charge >= 0.3 is 0 Å². The average Bonchev–Trinajstić information content (AvgIpc) is 2.58.